The SMILES string of the molecule is CNc1nc(C)cc(N2CCC(C)C2)n1. The van der Waals surface area contributed by atoms with Gasteiger partial charge in [0.15, 0.2) is 0 Å². The van der Waals surface area contributed by atoms with E-state index in [4.69, 9.17) is 0 Å². The maximum Gasteiger partial charge on any atom is 0.224 e. The van der Waals surface area contributed by atoms with Gasteiger partial charge in [-0.1, -0.05) is 6.92 Å². The van der Waals surface area contributed by atoms with Crippen molar-refractivity contribution in [2.75, 3.05) is 30.4 Å². The van der Waals surface area contributed by atoms with Crippen molar-refractivity contribution < 1.29 is 0 Å². The van der Waals surface area contributed by atoms with E-state index in [-0.39, 0.29) is 0 Å². The molecule has 2 heterocycles. The van der Waals surface area contributed by atoms with E-state index in [1.165, 1.54) is 6.42 Å². The summed E-state index contributed by atoms with van der Waals surface area (Å²) in [6, 6.07) is 2.05. The van der Waals surface area contributed by atoms with Crippen molar-refractivity contribution >= 4 is 11.8 Å². The predicted octanol–water partition coefficient (Wildman–Crippen LogP) is 1.67. The summed E-state index contributed by atoms with van der Waals surface area (Å²) in [4.78, 5) is 11.1. The molecule has 2 rings (SSSR count). The van der Waals surface area contributed by atoms with Crippen molar-refractivity contribution in [3.05, 3.63) is 11.8 Å². The molecule has 0 saturated carbocycles. The lowest BCUT2D eigenvalue weighted by Crippen LogP contribution is -2.21. The van der Waals surface area contributed by atoms with Crippen LogP contribution in [0.15, 0.2) is 6.07 Å². The molecule has 1 fully saturated rings. The first-order chi connectivity index (χ1) is 7.19. The number of hydrogen-bond acceptors (Lipinski definition) is 4. The number of nitrogens with zero attached hydrogens (tertiary/aromatic N) is 3. The Morgan fingerprint density at radius 3 is 2.87 bits per heavy atom. The Hall–Kier alpha value is -1.32. The Morgan fingerprint density at radius 2 is 2.27 bits per heavy atom. The second-order valence-electron chi connectivity index (χ2n) is 4.28. The molecular formula is C11H18N4. The van der Waals surface area contributed by atoms with E-state index in [0.717, 1.165) is 30.5 Å². The molecule has 1 N–H and O–H groups in total. The molecule has 4 heteroatoms. The minimum atomic E-state index is 0.713. The van der Waals surface area contributed by atoms with Gasteiger partial charge < -0.3 is 10.2 Å². The standard InChI is InChI=1S/C11H18N4/c1-8-4-5-15(7-8)10-6-9(2)13-11(12-3)14-10/h6,8H,4-5,7H2,1-3H3,(H,12,13,14). The number of aromatic nitrogens is 2. The molecule has 1 aromatic rings. The van der Waals surface area contributed by atoms with Crippen LogP contribution in [0.3, 0.4) is 0 Å². The van der Waals surface area contributed by atoms with Gasteiger partial charge in [-0.2, -0.15) is 4.98 Å². The first kappa shape index (κ1) is 10.2. The first-order valence-corrected chi connectivity index (χ1v) is 5.47. The first-order valence-electron chi connectivity index (χ1n) is 5.47. The molecule has 1 aliphatic rings. The van der Waals surface area contributed by atoms with Crippen LogP contribution in [-0.2, 0) is 0 Å². The summed E-state index contributed by atoms with van der Waals surface area (Å²) in [5, 5.41) is 2.99. The molecule has 1 atom stereocenters. The van der Waals surface area contributed by atoms with Crippen molar-refractivity contribution in [2.45, 2.75) is 20.3 Å². The van der Waals surface area contributed by atoms with Crippen LogP contribution < -0.4 is 10.2 Å². The largest absolute Gasteiger partial charge is 0.357 e. The fourth-order valence-corrected chi connectivity index (χ4v) is 1.97. The van der Waals surface area contributed by atoms with E-state index in [1.807, 2.05) is 14.0 Å². The fourth-order valence-electron chi connectivity index (χ4n) is 1.97. The average Bonchev–Trinajstić information content (AvgIpc) is 2.64. The summed E-state index contributed by atoms with van der Waals surface area (Å²) in [5.74, 6) is 2.54. The van der Waals surface area contributed by atoms with Crippen molar-refractivity contribution in [2.24, 2.45) is 5.92 Å². The number of hydrogen-bond donors (Lipinski definition) is 1. The Kier molecular flexibility index (Phi) is 2.75. The van der Waals surface area contributed by atoms with Crippen molar-refractivity contribution in [3.63, 3.8) is 0 Å². The zero-order valence-electron chi connectivity index (χ0n) is 9.62. The summed E-state index contributed by atoms with van der Waals surface area (Å²) in [6.45, 7) is 6.51. The minimum absolute atomic E-state index is 0.713. The van der Waals surface area contributed by atoms with Crippen LogP contribution in [0.1, 0.15) is 19.0 Å². The van der Waals surface area contributed by atoms with Gasteiger partial charge in [0.05, 0.1) is 0 Å². The molecule has 1 aromatic heterocycles. The second kappa shape index (κ2) is 4.04. The van der Waals surface area contributed by atoms with Gasteiger partial charge in [0.25, 0.3) is 0 Å². The summed E-state index contributed by atoms with van der Waals surface area (Å²) < 4.78 is 0. The van der Waals surface area contributed by atoms with Crippen LogP contribution in [0.5, 0.6) is 0 Å². The van der Waals surface area contributed by atoms with E-state index < -0.39 is 0 Å². The maximum absolute atomic E-state index is 4.47. The molecule has 0 aliphatic carbocycles. The molecule has 0 amide bonds. The Morgan fingerprint density at radius 1 is 1.47 bits per heavy atom. The third kappa shape index (κ3) is 2.19. The molecule has 15 heavy (non-hydrogen) atoms. The summed E-state index contributed by atoms with van der Waals surface area (Å²) in [6.07, 6.45) is 1.26. The van der Waals surface area contributed by atoms with Gasteiger partial charge in [-0.25, -0.2) is 4.98 Å². The van der Waals surface area contributed by atoms with E-state index in [9.17, 15) is 0 Å². The Bertz CT molecular complexity index is 350. The zero-order valence-corrected chi connectivity index (χ0v) is 9.62. The molecule has 0 bridgehead atoms. The zero-order chi connectivity index (χ0) is 10.8. The molecule has 0 spiro atoms. The number of aryl methyl sites for hydroxylation is 1. The van der Waals surface area contributed by atoms with Crippen molar-refractivity contribution in [1.82, 2.24) is 9.97 Å². The van der Waals surface area contributed by atoms with Crippen molar-refractivity contribution in [1.29, 1.82) is 0 Å². The highest BCUT2D eigenvalue weighted by Crippen LogP contribution is 2.22. The summed E-state index contributed by atoms with van der Waals surface area (Å²) in [5.41, 5.74) is 1.02. The molecule has 1 saturated heterocycles. The van der Waals surface area contributed by atoms with Gasteiger partial charge in [0.1, 0.15) is 5.82 Å². The van der Waals surface area contributed by atoms with E-state index in [2.05, 4.69) is 33.2 Å². The lowest BCUT2D eigenvalue weighted by atomic mass is 10.2. The van der Waals surface area contributed by atoms with E-state index in [1.54, 1.807) is 0 Å². The molecule has 0 aromatic carbocycles. The van der Waals surface area contributed by atoms with Crippen LogP contribution >= 0.6 is 0 Å². The van der Waals surface area contributed by atoms with Crippen LogP contribution in [0.2, 0.25) is 0 Å². The highest BCUT2D eigenvalue weighted by molar-refractivity contribution is 5.45. The van der Waals surface area contributed by atoms with Gasteiger partial charge in [0.2, 0.25) is 5.95 Å². The Labute approximate surface area is 90.7 Å². The number of rotatable bonds is 2. The van der Waals surface area contributed by atoms with Gasteiger partial charge in [-0.15, -0.1) is 0 Å². The normalized spacial score (nSPS) is 20.7. The smallest absolute Gasteiger partial charge is 0.224 e. The lowest BCUT2D eigenvalue weighted by molar-refractivity contribution is 0.659. The van der Waals surface area contributed by atoms with E-state index in [0.29, 0.717) is 5.95 Å². The Balaban J connectivity index is 2.24. The fraction of sp³-hybridized carbons (Fsp3) is 0.636. The van der Waals surface area contributed by atoms with Crippen LogP contribution in [-0.4, -0.2) is 30.1 Å². The molecule has 1 aliphatic heterocycles. The summed E-state index contributed by atoms with van der Waals surface area (Å²) in [7, 11) is 1.85. The average molecular weight is 206 g/mol. The van der Waals surface area contributed by atoms with Gasteiger partial charge in [0, 0.05) is 31.9 Å². The topological polar surface area (TPSA) is 41.1 Å². The van der Waals surface area contributed by atoms with E-state index >= 15 is 0 Å². The second-order valence-corrected chi connectivity index (χ2v) is 4.28. The van der Waals surface area contributed by atoms with Crippen LogP contribution in [0.25, 0.3) is 0 Å². The molecule has 82 valence electrons. The maximum atomic E-state index is 4.47. The third-order valence-corrected chi connectivity index (χ3v) is 2.81. The summed E-state index contributed by atoms with van der Waals surface area (Å²) >= 11 is 0. The minimum Gasteiger partial charge on any atom is -0.357 e. The highest BCUT2D eigenvalue weighted by atomic mass is 15.2. The number of nitrogens with one attached hydrogen (secondary N) is 1. The molecule has 4 nitrogen and oxygen atoms in total. The van der Waals surface area contributed by atoms with Crippen molar-refractivity contribution in [3.8, 4) is 0 Å². The lowest BCUT2D eigenvalue weighted by Gasteiger charge is -2.17. The quantitative estimate of drug-likeness (QED) is 0.799. The molecule has 1 unspecified atom stereocenters. The van der Waals surface area contributed by atoms with Gasteiger partial charge >= 0.3 is 0 Å². The molecule has 0 radical (unpaired) electrons. The van der Waals surface area contributed by atoms with Crippen LogP contribution in [0, 0.1) is 12.8 Å². The molecular weight excluding hydrogens is 188 g/mol. The van der Waals surface area contributed by atoms with Gasteiger partial charge in [-0.3, -0.25) is 0 Å². The third-order valence-electron chi connectivity index (χ3n) is 2.81. The van der Waals surface area contributed by atoms with Gasteiger partial charge in [-0.05, 0) is 19.3 Å². The predicted molar refractivity (Wildman–Crippen MR) is 62.3 cm³/mol. The monoisotopic (exact) mass is 206 g/mol. The highest BCUT2D eigenvalue weighted by Gasteiger charge is 2.20. The van der Waals surface area contributed by atoms with Crippen LogP contribution in [0.4, 0.5) is 11.8 Å². The number of anilines is 2.